The van der Waals surface area contributed by atoms with E-state index in [9.17, 15) is 0 Å². The highest BCUT2D eigenvalue weighted by Gasteiger charge is 1.92. The third kappa shape index (κ3) is 14.1. The molecule has 15 heavy (non-hydrogen) atoms. The molecule has 0 saturated heterocycles. The molecule has 0 aromatic rings. The molecule has 0 heterocycles. The summed E-state index contributed by atoms with van der Waals surface area (Å²) >= 11 is 0. The topological polar surface area (TPSA) is 0 Å². The van der Waals surface area contributed by atoms with Crippen LogP contribution in [0.4, 0.5) is 0 Å². The Balaban J connectivity index is 2.81. The molecule has 0 amide bonds. The van der Waals surface area contributed by atoms with Gasteiger partial charge in [0, 0.05) is 0 Å². The highest BCUT2D eigenvalue weighted by atomic mass is 14.0. The molecule has 2 heteroatoms. The van der Waals surface area contributed by atoms with Gasteiger partial charge in [-0.3, -0.25) is 0 Å². The molecule has 0 unspecified atom stereocenters. The standard InChI is InChI=1S/C13H26B2/c14-12-10-8-6-4-2-1-3-5-7-9-11-13-15/h1-13H2. The van der Waals surface area contributed by atoms with Crippen molar-refractivity contribution in [3.05, 3.63) is 0 Å². The molecule has 0 bridgehead atoms. The van der Waals surface area contributed by atoms with Crippen LogP contribution in [-0.4, -0.2) is 15.7 Å². The minimum Gasteiger partial charge on any atom is -0.0887 e. The summed E-state index contributed by atoms with van der Waals surface area (Å²) in [6.45, 7) is 0. The molecule has 0 aliphatic rings. The lowest BCUT2D eigenvalue weighted by Crippen LogP contribution is -1.82. The summed E-state index contributed by atoms with van der Waals surface area (Å²) in [7, 11) is 10.9. The smallest absolute Gasteiger partial charge is 0.0653 e. The third-order valence-electron chi connectivity index (χ3n) is 2.91. The highest BCUT2D eigenvalue weighted by Crippen LogP contribution is 2.11. The molecule has 0 aliphatic heterocycles. The maximum atomic E-state index is 5.44. The van der Waals surface area contributed by atoms with Crippen LogP contribution in [0.3, 0.4) is 0 Å². The Kier molecular flexibility index (Phi) is 14.3. The first-order valence-corrected chi connectivity index (χ1v) is 6.82. The predicted molar refractivity (Wildman–Crippen MR) is 71.9 cm³/mol. The number of hydrogen-bond donors (Lipinski definition) is 0. The third-order valence-corrected chi connectivity index (χ3v) is 2.91. The van der Waals surface area contributed by atoms with Gasteiger partial charge in [-0.05, 0) is 0 Å². The molecule has 84 valence electrons. The molecular formula is C13H26B2. The van der Waals surface area contributed by atoms with Crippen LogP contribution in [0, 0.1) is 0 Å². The molecule has 0 N–H and O–H groups in total. The fraction of sp³-hybridized carbons (Fsp3) is 1.00. The van der Waals surface area contributed by atoms with Crippen molar-refractivity contribution in [3.63, 3.8) is 0 Å². The number of unbranched alkanes of at least 4 members (excludes halogenated alkanes) is 10. The van der Waals surface area contributed by atoms with Crippen molar-refractivity contribution in [1.29, 1.82) is 0 Å². The van der Waals surface area contributed by atoms with Gasteiger partial charge in [-0.15, -0.1) is 0 Å². The van der Waals surface area contributed by atoms with Gasteiger partial charge in [-0.25, -0.2) is 0 Å². The zero-order chi connectivity index (χ0) is 11.2. The zero-order valence-corrected chi connectivity index (χ0v) is 10.3. The van der Waals surface area contributed by atoms with Gasteiger partial charge in [0.25, 0.3) is 0 Å². The molecule has 0 rings (SSSR count). The van der Waals surface area contributed by atoms with Gasteiger partial charge >= 0.3 is 0 Å². The van der Waals surface area contributed by atoms with Gasteiger partial charge < -0.3 is 0 Å². The Labute approximate surface area is 99.4 Å². The summed E-state index contributed by atoms with van der Waals surface area (Å²) in [5, 5.41) is 0. The first-order chi connectivity index (χ1) is 7.41. The van der Waals surface area contributed by atoms with Crippen molar-refractivity contribution >= 4 is 15.7 Å². The summed E-state index contributed by atoms with van der Waals surface area (Å²) in [4.78, 5) is 0. The van der Waals surface area contributed by atoms with Gasteiger partial charge in [0.15, 0.2) is 0 Å². The molecule has 0 aromatic heterocycles. The maximum absolute atomic E-state index is 5.44. The van der Waals surface area contributed by atoms with E-state index in [1.807, 2.05) is 0 Å². The lowest BCUT2D eigenvalue weighted by molar-refractivity contribution is 0.554. The lowest BCUT2D eigenvalue weighted by atomic mass is 9.97. The molecule has 0 saturated carbocycles. The summed E-state index contributed by atoms with van der Waals surface area (Å²) < 4.78 is 0. The maximum Gasteiger partial charge on any atom is 0.0653 e. The molecule has 0 aromatic carbocycles. The van der Waals surface area contributed by atoms with Gasteiger partial charge in [-0.2, -0.15) is 0 Å². The van der Waals surface area contributed by atoms with Crippen molar-refractivity contribution in [2.75, 3.05) is 0 Å². The average molecular weight is 204 g/mol. The molecule has 0 nitrogen and oxygen atoms in total. The van der Waals surface area contributed by atoms with E-state index in [1.165, 1.54) is 70.6 Å². The van der Waals surface area contributed by atoms with E-state index in [4.69, 9.17) is 15.7 Å². The van der Waals surface area contributed by atoms with E-state index in [1.54, 1.807) is 0 Å². The van der Waals surface area contributed by atoms with Crippen LogP contribution in [0.25, 0.3) is 0 Å². The van der Waals surface area contributed by atoms with E-state index >= 15 is 0 Å². The van der Waals surface area contributed by atoms with Crippen LogP contribution >= 0.6 is 0 Å². The number of rotatable bonds is 12. The zero-order valence-electron chi connectivity index (χ0n) is 10.3. The summed E-state index contributed by atoms with van der Waals surface area (Å²) in [6, 6.07) is 0. The Morgan fingerprint density at radius 3 is 0.733 bits per heavy atom. The fourth-order valence-corrected chi connectivity index (χ4v) is 1.88. The van der Waals surface area contributed by atoms with Crippen LogP contribution in [0.15, 0.2) is 0 Å². The Morgan fingerprint density at radius 1 is 0.333 bits per heavy atom. The van der Waals surface area contributed by atoms with E-state index in [-0.39, 0.29) is 0 Å². The Hall–Kier alpha value is 0.130. The monoisotopic (exact) mass is 204 g/mol. The largest absolute Gasteiger partial charge is 0.0887 e. The van der Waals surface area contributed by atoms with E-state index in [0.717, 1.165) is 12.6 Å². The first kappa shape index (κ1) is 15.1. The summed E-state index contributed by atoms with van der Waals surface area (Å²) in [5.74, 6) is 0. The molecule has 0 atom stereocenters. The molecule has 0 fully saturated rings. The van der Waals surface area contributed by atoms with E-state index < -0.39 is 0 Å². The quantitative estimate of drug-likeness (QED) is 0.325. The molecular weight excluding hydrogens is 178 g/mol. The van der Waals surface area contributed by atoms with Crippen LogP contribution in [0.2, 0.25) is 12.6 Å². The van der Waals surface area contributed by atoms with Crippen molar-refractivity contribution in [3.8, 4) is 0 Å². The second-order valence-corrected chi connectivity index (χ2v) is 4.47. The van der Waals surface area contributed by atoms with Crippen molar-refractivity contribution in [2.45, 2.75) is 83.3 Å². The average Bonchev–Trinajstić information content (AvgIpc) is 2.26. The van der Waals surface area contributed by atoms with Gasteiger partial charge in [0.05, 0.1) is 15.7 Å². The van der Waals surface area contributed by atoms with E-state index in [0.29, 0.717) is 0 Å². The van der Waals surface area contributed by atoms with Crippen molar-refractivity contribution in [2.24, 2.45) is 0 Å². The number of hydrogen-bond acceptors (Lipinski definition) is 0. The van der Waals surface area contributed by atoms with Crippen LogP contribution < -0.4 is 0 Å². The summed E-state index contributed by atoms with van der Waals surface area (Å²) in [6.07, 6.45) is 16.6. The Bertz CT molecular complexity index is 92.7. The fourth-order valence-electron chi connectivity index (χ4n) is 1.88. The van der Waals surface area contributed by atoms with Gasteiger partial charge in [0.1, 0.15) is 0 Å². The van der Waals surface area contributed by atoms with Crippen LogP contribution in [0.1, 0.15) is 70.6 Å². The normalized spacial score (nSPS) is 10.7. The second-order valence-electron chi connectivity index (χ2n) is 4.47. The molecule has 0 aliphatic carbocycles. The van der Waals surface area contributed by atoms with Crippen LogP contribution in [-0.2, 0) is 0 Å². The van der Waals surface area contributed by atoms with Crippen molar-refractivity contribution < 1.29 is 0 Å². The van der Waals surface area contributed by atoms with Crippen LogP contribution in [0.5, 0.6) is 0 Å². The summed E-state index contributed by atoms with van der Waals surface area (Å²) in [5.41, 5.74) is 0. The minimum atomic E-state index is 0.862. The van der Waals surface area contributed by atoms with Gasteiger partial charge in [-0.1, -0.05) is 83.3 Å². The van der Waals surface area contributed by atoms with Crippen molar-refractivity contribution in [1.82, 2.24) is 0 Å². The Morgan fingerprint density at radius 2 is 0.533 bits per heavy atom. The molecule has 4 radical (unpaired) electrons. The SMILES string of the molecule is [B]CCCCCCCCCCCCC[B]. The lowest BCUT2D eigenvalue weighted by Gasteiger charge is -2.01. The molecule has 0 spiro atoms. The first-order valence-electron chi connectivity index (χ1n) is 6.82. The second kappa shape index (κ2) is 14.1. The van der Waals surface area contributed by atoms with E-state index in [2.05, 4.69) is 0 Å². The highest BCUT2D eigenvalue weighted by molar-refractivity contribution is 6.08. The minimum absolute atomic E-state index is 0.862. The van der Waals surface area contributed by atoms with Gasteiger partial charge in [0.2, 0.25) is 0 Å². The predicted octanol–water partition coefficient (Wildman–Crippen LogP) is 4.45.